The van der Waals surface area contributed by atoms with Crippen LogP contribution in [0.25, 0.3) is 0 Å². The van der Waals surface area contributed by atoms with Gasteiger partial charge in [-0.05, 0) is 0 Å². The number of imidazole rings is 1. The molecule has 1 rings (SSSR count). The number of carbonyl (C=O) groups excluding carboxylic acids is 2. The van der Waals surface area contributed by atoms with Gasteiger partial charge in [-0.15, -0.1) is 0 Å². The van der Waals surface area contributed by atoms with E-state index >= 15 is 0 Å². The lowest BCUT2D eigenvalue weighted by Gasteiger charge is -2.19. The maximum absolute atomic E-state index is 11.7. The van der Waals surface area contributed by atoms with E-state index in [-0.39, 0.29) is 6.54 Å². The molecule has 1 atom stereocenters. The third kappa shape index (κ3) is 4.66. The predicted octanol–water partition coefficient (Wildman–Crippen LogP) is -1.12. The van der Waals surface area contributed by atoms with Gasteiger partial charge in [0.05, 0.1) is 13.0 Å². The molecule has 0 aliphatic carbocycles. The number of rotatable bonds is 6. The molecular weight excluding hydrogens is 254 g/mol. The second-order valence-corrected chi connectivity index (χ2v) is 3.90. The first kappa shape index (κ1) is 14.5. The van der Waals surface area contributed by atoms with E-state index in [2.05, 4.69) is 15.3 Å². The van der Waals surface area contributed by atoms with Crippen LogP contribution in [0, 0.1) is 0 Å². The Labute approximate surface area is 108 Å². The molecule has 1 aromatic rings. The van der Waals surface area contributed by atoms with E-state index in [1.54, 1.807) is 6.20 Å². The third-order valence-corrected chi connectivity index (χ3v) is 2.29. The number of aromatic amines is 1. The minimum Gasteiger partial charge on any atom is -0.480 e. The first-order valence-corrected chi connectivity index (χ1v) is 5.41. The van der Waals surface area contributed by atoms with Crippen LogP contribution < -0.4 is 11.1 Å². The number of aromatic nitrogens is 2. The summed E-state index contributed by atoms with van der Waals surface area (Å²) in [4.78, 5) is 41.2. The summed E-state index contributed by atoms with van der Waals surface area (Å²) in [5, 5.41) is 11.1. The smallest absolute Gasteiger partial charge is 0.326 e. The molecule has 0 saturated carbocycles. The molecule has 5 N–H and O–H groups in total. The number of aliphatic carboxylic acids is 1. The molecule has 104 valence electrons. The number of nitrogens with two attached hydrogens (primary N) is 1. The largest absolute Gasteiger partial charge is 0.480 e. The summed E-state index contributed by atoms with van der Waals surface area (Å²) in [6.07, 6.45) is 2.68. The number of amides is 3. The van der Waals surface area contributed by atoms with Crippen molar-refractivity contribution >= 4 is 17.9 Å². The highest BCUT2D eigenvalue weighted by molar-refractivity contribution is 5.87. The van der Waals surface area contributed by atoms with Crippen molar-refractivity contribution < 1.29 is 19.5 Å². The molecule has 0 radical (unpaired) electrons. The maximum Gasteiger partial charge on any atom is 0.326 e. The van der Waals surface area contributed by atoms with Gasteiger partial charge in [0, 0.05) is 19.4 Å². The second-order valence-electron chi connectivity index (χ2n) is 3.90. The number of carboxylic acid groups (broad SMARTS) is 1. The molecule has 3 amide bonds. The van der Waals surface area contributed by atoms with Crippen molar-refractivity contribution in [3.8, 4) is 0 Å². The molecule has 1 heterocycles. The Bertz CT molecular complexity index is 458. The van der Waals surface area contributed by atoms with E-state index in [0.29, 0.717) is 5.82 Å². The fraction of sp³-hybridized carbons (Fsp3) is 0.400. The first-order valence-electron chi connectivity index (χ1n) is 5.41. The van der Waals surface area contributed by atoms with Crippen LogP contribution in [0.15, 0.2) is 12.4 Å². The van der Waals surface area contributed by atoms with Gasteiger partial charge in [0.1, 0.15) is 11.9 Å². The molecule has 0 saturated heterocycles. The lowest BCUT2D eigenvalue weighted by atomic mass is 10.2. The van der Waals surface area contributed by atoms with Crippen LogP contribution in [0.2, 0.25) is 0 Å². The van der Waals surface area contributed by atoms with Gasteiger partial charge in [-0.1, -0.05) is 0 Å². The molecule has 9 heteroatoms. The van der Waals surface area contributed by atoms with Gasteiger partial charge in [0.25, 0.3) is 0 Å². The van der Waals surface area contributed by atoms with Gasteiger partial charge >= 0.3 is 12.0 Å². The van der Waals surface area contributed by atoms with Crippen LogP contribution in [0.3, 0.4) is 0 Å². The normalized spacial score (nSPS) is 11.6. The van der Waals surface area contributed by atoms with Gasteiger partial charge in [-0.2, -0.15) is 0 Å². The number of H-pyrrole nitrogens is 1. The van der Waals surface area contributed by atoms with Gasteiger partial charge in [0.15, 0.2) is 0 Å². The van der Waals surface area contributed by atoms with Crippen LogP contribution in [0.4, 0.5) is 4.79 Å². The minimum atomic E-state index is -1.34. The quantitative estimate of drug-likeness (QED) is 0.517. The molecule has 0 aliphatic heterocycles. The summed E-state index contributed by atoms with van der Waals surface area (Å²) in [6.45, 7) is 0.182. The topological polar surface area (TPSA) is 141 Å². The zero-order chi connectivity index (χ0) is 14.4. The van der Waals surface area contributed by atoms with Crippen LogP contribution in [0.1, 0.15) is 12.2 Å². The summed E-state index contributed by atoms with van der Waals surface area (Å²) in [5.74, 6) is -1.57. The molecule has 0 bridgehead atoms. The molecule has 9 nitrogen and oxygen atoms in total. The molecule has 0 spiro atoms. The van der Waals surface area contributed by atoms with Gasteiger partial charge in [0.2, 0.25) is 5.91 Å². The minimum absolute atomic E-state index is 0.182. The number of primary amides is 1. The van der Waals surface area contributed by atoms with Crippen LogP contribution >= 0.6 is 0 Å². The van der Waals surface area contributed by atoms with Gasteiger partial charge in [-0.25, -0.2) is 14.6 Å². The van der Waals surface area contributed by atoms with E-state index in [1.165, 1.54) is 18.1 Å². The fourth-order valence-electron chi connectivity index (χ4n) is 1.34. The molecule has 0 aromatic carbocycles. The van der Waals surface area contributed by atoms with Crippen molar-refractivity contribution in [3.63, 3.8) is 0 Å². The average molecular weight is 269 g/mol. The Balaban J connectivity index is 2.56. The molecule has 0 aliphatic rings. The van der Waals surface area contributed by atoms with E-state index in [4.69, 9.17) is 10.8 Å². The Morgan fingerprint density at radius 3 is 2.74 bits per heavy atom. The highest BCUT2D eigenvalue weighted by Crippen LogP contribution is 1.98. The fourth-order valence-corrected chi connectivity index (χ4v) is 1.34. The zero-order valence-electron chi connectivity index (χ0n) is 10.3. The first-order chi connectivity index (χ1) is 8.90. The number of urea groups is 1. The van der Waals surface area contributed by atoms with Crippen molar-refractivity contribution in [1.29, 1.82) is 0 Å². The Morgan fingerprint density at radius 1 is 1.58 bits per heavy atom. The molecule has 0 fully saturated rings. The van der Waals surface area contributed by atoms with Crippen LogP contribution in [-0.4, -0.2) is 51.0 Å². The molecular formula is C10H15N5O4. The van der Waals surface area contributed by atoms with Crippen molar-refractivity contribution in [1.82, 2.24) is 20.2 Å². The van der Waals surface area contributed by atoms with Crippen molar-refractivity contribution in [3.05, 3.63) is 18.2 Å². The van der Waals surface area contributed by atoms with E-state index in [9.17, 15) is 14.4 Å². The Morgan fingerprint density at radius 2 is 2.26 bits per heavy atom. The lowest BCUT2D eigenvalue weighted by molar-refractivity contribution is -0.140. The van der Waals surface area contributed by atoms with Crippen LogP contribution in [-0.2, 0) is 16.1 Å². The number of nitrogens with one attached hydrogen (secondary N) is 2. The Hall–Kier alpha value is -2.58. The maximum atomic E-state index is 11.7. The SMILES string of the molecule is CN(Cc1ncc[nH]1)C(=O)N[C@@H](CC(N)=O)C(=O)O. The summed E-state index contributed by atoms with van der Waals surface area (Å²) >= 11 is 0. The Kier molecular flexibility index (Phi) is 4.86. The number of nitrogens with zero attached hydrogens (tertiary/aromatic N) is 2. The monoisotopic (exact) mass is 269 g/mol. The van der Waals surface area contributed by atoms with Gasteiger partial charge in [-0.3, -0.25) is 4.79 Å². The molecule has 19 heavy (non-hydrogen) atoms. The summed E-state index contributed by atoms with van der Waals surface area (Å²) < 4.78 is 0. The van der Waals surface area contributed by atoms with Crippen LogP contribution in [0.5, 0.6) is 0 Å². The number of carbonyl (C=O) groups is 3. The number of hydrogen-bond donors (Lipinski definition) is 4. The van der Waals surface area contributed by atoms with E-state index in [1.807, 2.05) is 0 Å². The molecule has 1 aromatic heterocycles. The highest BCUT2D eigenvalue weighted by atomic mass is 16.4. The second kappa shape index (κ2) is 6.38. The zero-order valence-corrected chi connectivity index (χ0v) is 10.3. The molecule has 0 unspecified atom stereocenters. The predicted molar refractivity (Wildman–Crippen MR) is 63.8 cm³/mol. The van der Waals surface area contributed by atoms with E-state index in [0.717, 1.165) is 0 Å². The van der Waals surface area contributed by atoms with Crippen molar-refractivity contribution in [2.45, 2.75) is 19.0 Å². The summed E-state index contributed by atoms with van der Waals surface area (Å²) in [5.41, 5.74) is 4.91. The lowest BCUT2D eigenvalue weighted by Crippen LogP contribution is -2.48. The summed E-state index contributed by atoms with van der Waals surface area (Å²) in [6, 6.07) is -1.98. The summed E-state index contributed by atoms with van der Waals surface area (Å²) in [7, 11) is 1.47. The average Bonchev–Trinajstić information content (AvgIpc) is 2.79. The van der Waals surface area contributed by atoms with Crippen molar-refractivity contribution in [2.75, 3.05) is 7.05 Å². The highest BCUT2D eigenvalue weighted by Gasteiger charge is 2.23. The van der Waals surface area contributed by atoms with Gasteiger partial charge < -0.3 is 26.0 Å². The van der Waals surface area contributed by atoms with Crippen molar-refractivity contribution in [2.24, 2.45) is 5.73 Å². The third-order valence-electron chi connectivity index (χ3n) is 2.29. The number of carboxylic acids is 1. The standard InChI is InChI=1S/C10H15N5O4/c1-15(5-8-12-2-3-13-8)10(19)14-6(9(17)18)4-7(11)16/h2-3,6H,4-5H2,1H3,(H2,11,16)(H,12,13)(H,14,19)(H,17,18)/t6-/m0/s1. The number of hydrogen-bond acceptors (Lipinski definition) is 4. The van der Waals surface area contributed by atoms with E-state index < -0.39 is 30.4 Å².